The lowest BCUT2D eigenvalue weighted by atomic mass is 10.1. The number of benzene rings is 2. The Hall–Kier alpha value is -2.24. The molecule has 0 aliphatic rings. The lowest BCUT2D eigenvalue weighted by Crippen LogP contribution is -1.93. The molecule has 3 aromatic rings. The van der Waals surface area contributed by atoms with Crippen LogP contribution in [0.2, 0.25) is 5.02 Å². The van der Waals surface area contributed by atoms with E-state index in [2.05, 4.69) is 10.3 Å². The molecule has 116 valence electrons. The van der Waals surface area contributed by atoms with Gasteiger partial charge in [0, 0.05) is 17.5 Å². The van der Waals surface area contributed by atoms with Crippen molar-refractivity contribution in [1.82, 2.24) is 9.78 Å². The van der Waals surface area contributed by atoms with Crippen molar-refractivity contribution in [3.63, 3.8) is 0 Å². The van der Waals surface area contributed by atoms with Crippen LogP contribution in [0.1, 0.15) is 5.56 Å². The molecule has 0 aliphatic heterocycles. The summed E-state index contributed by atoms with van der Waals surface area (Å²) in [4.78, 5) is 0.921. The molecule has 4 nitrogen and oxygen atoms in total. The highest BCUT2D eigenvalue weighted by Gasteiger charge is 2.18. The number of oxime groups is 1. The van der Waals surface area contributed by atoms with Crippen LogP contribution in [0.4, 0.5) is 0 Å². The van der Waals surface area contributed by atoms with Crippen molar-refractivity contribution in [2.24, 2.45) is 12.2 Å². The zero-order valence-corrected chi connectivity index (χ0v) is 13.9. The van der Waals surface area contributed by atoms with Crippen LogP contribution < -0.4 is 0 Å². The SMILES string of the molecule is Cn1nc(-c2ccccc2)c(C=NO)c1Sc1ccccc1Cl. The summed E-state index contributed by atoms with van der Waals surface area (Å²) in [6.07, 6.45) is 1.41. The van der Waals surface area contributed by atoms with Crippen LogP contribution in [0.15, 0.2) is 69.7 Å². The predicted octanol–water partition coefficient (Wildman–Crippen LogP) is 4.70. The third kappa shape index (κ3) is 3.25. The first-order valence-corrected chi connectivity index (χ1v) is 8.12. The molecule has 0 fully saturated rings. The number of aromatic nitrogens is 2. The molecule has 0 unspecified atom stereocenters. The maximum Gasteiger partial charge on any atom is 0.108 e. The maximum atomic E-state index is 9.04. The molecule has 0 saturated heterocycles. The first-order valence-electron chi connectivity index (χ1n) is 6.93. The highest BCUT2D eigenvalue weighted by molar-refractivity contribution is 7.99. The van der Waals surface area contributed by atoms with Crippen molar-refractivity contribution in [2.45, 2.75) is 9.92 Å². The maximum absolute atomic E-state index is 9.04. The predicted molar refractivity (Wildman–Crippen MR) is 93.6 cm³/mol. The Morgan fingerprint density at radius 3 is 2.52 bits per heavy atom. The van der Waals surface area contributed by atoms with Crippen molar-refractivity contribution in [3.8, 4) is 11.3 Å². The second-order valence-corrected chi connectivity index (χ2v) is 6.27. The summed E-state index contributed by atoms with van der Waals surface area (Å²) in [6.45, 7) is 0. The number of halogens is 1. The average Bonchev–Trinajstić information content (AvgIpc) is 2.87. The number of hydrogen-bond donors (Lipinski definition) is 1. The van der Waals surface area contributed by atoms with E-state index in [4.69, 9.17) is 16.8 Å². The van der Waals surface area contributed by atoms with Crippen LogP contribution in [0, 0.1) is 0 Å². The van der Waals surface area contributed by atoms with Gasteiger partial charge in [-0.15, -0.1) is 0 Å². The van der Waals surface area contributed by atoms with E-state index in [1.807, 2.05) is 61.6 Å². The third-order valence-corrected chi connectivity index (χ3v) is 5.00. The fourth-order valence-corrected chi connectivity index (χ4v) is 3.47. The minimum Gasteiger partial charge on any atom is -0.411 e. The highest BCUT2D eigenvalue weighted by Crippen LogP contribution is 2.37. The smallest absolute Gasteiger partial charge is 0.108 e. The van der Waals surface area contributed by atoms with E-state index < -0.39 is 0 Å². The lowest BCUT2D eigenvalue weighted by molar-refractivity contribution is 0.321. The molecule has 1 aromatic heterocycles. The summed E-state index contributed by atoms with van der Waals surface area (Å²) >= 11 is 7.74. The summed E-state index contributed by atoms with van der Waals surface area (Å²) in [5, 5.41) is 18.4. The van der Waals surface area contributed by atoms with E-state index in [9.17, 15) is 0 Å². The van der Waals surface area contributed by atoms with Gasteiger partial charge in [-0.3, -0.25) is 4.68 Å². The Morgan fingerprint density at radius 1 is 1.13 bits per heavy atom. The molecular formula is C17H14ClN3OS. The van der Waals surface area contributed by atoms with E-state index in [1.54, 1.807) is 4.68 Å². The van der Waals surface area contributed by atoms with Gasteiger partial charge < -0.3 is 5.21 Å². The molecular weight excluding hydrogens is 330 g/mol. The first kappa shape index (κ1) is 15.6. The van der Waals surface area contributed by atoms with Gasteiger partial charge in [0.05, 0.1) is 16.8 Å². The molecule has 3 rings (SSSR count). The van der Waals surface area contributed by atoms with Gasteiger partial charge in [0.25, 0.3) is 0 Å². The minimum atomic E-state index is 0.673. The molecule has 0 bridgehead atoms. The van der Waals surface area contributed by atoms with Crippen LogP contribution in [0.25, 0.3) is 11.3 Å². The van der Waals surface area contributed by atoms with Crippen molar-refractivity contribution in [2.75, 3.05) is 0 Å². The van der Waals surface area contributed by atoms with Crippen molar-refractivity contribution >= 4 is 29.6 Å². The number of rotatable bonds is 4. The Morgan fingerprint density at radius 2 is 1.83 bits per heavy atom. The number of aryl methyl sites for hydroxylation is 1. The van der Waals surface area contributed by atoms with E-state index in [1.165, 1.54) is 18.0 Å². The van der Waals surface area contributed by atoms with E-state index in [-0.39, 0.29) is 0 Å². The molecule has 0 spiro atoms. The van der Waals surface area contributed by atoms with Gasteiger partial charge in [-0.2, -0.15) is 5.10 Å². The van der Waals surface area contributed by atoms with Gasteiger partial charge >= 0.3 is 0 Å². The van der Waals surface area contributed by atoms with Gasteiger partial charge in [0.1, 0.15) is 10.7 Å². The average molecular weight is 344 g/mol. The van der Waals surface area contributed by atoms with Crippen LogP contribution in [-0.2, 0) is 7.05 Å². The normalized spacial score (nSPS) is 11.2. The van der Waals surface area contributed by atoms with Crippen molar-refractivity contribution in [1.29, 1.82) is 0 Å². The van der Waals surface area contributed by atoms with E-state index in [0.29, 0.717) is 5.02 Å². The van der Waals surface area contributed by atoms with Gasteiger partial charge in [-0.25, -0.2) is 0 Å². The van der Waals surface area contributed by atoms with Gasteiger partial charge in [0.15, 0.2) is 0 Å². The molecule has 0 aliphatic carbocycles. The molecule has 6 heteroatoms. The Labute approximate surface area is 143 Å². The Kier molecular flexibility index (Phi) is 4.69. The first-order chi connectivity index (χ1) is 11.2. The third-order valence-electron chi connectivity index (χ3n) is 3.31. The fraction of sp³-hybridized carbons (Fsp3) is 0.0588. The summed E-state index contributed by atoms with van der Waals surface area (Å²) in [6, 6.07) is 17.4. The quantitative estimate of drug-likeness (QED) is 0.424. The van der Waals surface area contributed by atoms with Crippen molar-refractivity contribution < 1.29 is 5.21 Å². The van der Waals surface area contributed by atoms with Crippen LogP contribution in [-0.4, -0.2) is 21.2 Å². The fourth-order valence-electron chi connectivity index (χ4n) is 2.26. The van der Waals surface area contributed by atoms with E-state index in [0.717, 1.165) is 26.7 Å². The molecule has 0 atom stereocenters. The summed E-state index contributed by atoms with van der Waals surface area (Å²) < 4.78 is 1.77. The molecule has 2 aromatic carbocycles. The standard InChI is InChI=1S/C17H14ClN3OS/c1-21-17(23-15-10-6-5-9-14(15)18)13(11-19-22)16(20-21)12-7-3-2-4-8-12/h2-11,22H,1H3. The second kappa shape index (κ2) is 6.89. The van der Waals surface area contributed by atoms with Gasteiger partial charge in [-0.05, 0) is 12.1 Å². The van der Waals surface area contributed by atoms with Crippen LogP contribution in [0.3, 0.4) is 0 Å². The largest absolute Gasteiger partial charge is 0.411 e. The topological polar surface area (TPSA) is 50.4 Å². The number of nitrogens with zero attached hydrogens (tertiary/aromatic N) is 3. The molecule has 23 heavy (non-hydrogen) atoms. The zero-order chi connectivity index (χ0) is 16.2. The molecule has 0 amide bonds. The molecule has 1 heterocycles. The summed E-state index contributed by atoms with van der Waals surface area (Å²) in [7, 11) is 1.86. The molecule has 0 radical (unpaired) electrons. The minimum absolute atomic E-state index is 0.673. The molecule has 1 N–H and O–H groups in total. The summed E-state index contributed by atoms with van der Waals surface area (Å²) in [5.74, 6) is 0. The Balaban J connectivity index is 2.10. The highest BCUT2D eigenvalue weighted by atomic mass is 35.5. The Bertz CT molecular complexity index is 846. The lowest BCUT2D eigenvalue weighted by Gasteiger charge is -2.05. The van der Waals surface area contributed by atoms with Gasteiger partial charge in [-0.1, -0.05) is 71.0 Å². The zero-order valence-electron chi connectivity index (χ0n) is 12.3. The number of hydrogen-bond acceptors (Lipinski definition) is 4. The molecule has 0 saturated carbocycles. The summed E-state index contributed by atoms with van der Waals surface area (Å²) in [5.41, 5.74) is 2.48. The van der Waals surface area contributed by atoms with Gasteiger partial charge in [0.2, 0.25) is 0 Å². The van der Waals surface area contributed by atoms with Crippen LogP contribution in [0.5, 0.6) is 0 Å². The van der Waals surface area contributed by atoms with Crippen LogP contribution >= 0.6 is 23.4 Å². The second-order valence-electron chi connectivity index (χ2n) is 4.83. The monoisotopic (exact) mass is 343 g/mol. The van der Waals surface area contributed by atoms with E-state index >= 15 is 0 Å². The van der Waals surface area contributed by atoms with Crippen molar-refractivity contribution in [3.05, 3.63) is 65.2 Å².